The van der Waals surface area contributed by atoms with Crippen molar-refractivity contribution in [2.75, 3.05) is 26.2 Å². The van der Waals surface area contributed by atoms with Gasteiger partial charge in [0.2, 0.25) is 11.8 Å². The molecule has 1 aliphatic heterocycles. The largest absolute Gasteiger partial charge is 0.340 e. The molecule has 1 unspecified atom stereocenters. The Balaban J connectivity index is 2.02. The maximum atomic E-state index is 12.8. The average Bonchev–Trinajstić information content (AvgIpc) is 2.59. The summed E-state index contributed by atoms with van der Waals surface area (Å²) in [6, 6.07) is 5.94. The molecule has 6 nitrogen and oxygen atoms in total. The van der Waals surface area contributed by atoms with Crippen LogP contribution in [0.4, 0.5) is 0 Å². The predicted molar refractivity (Wildman–Crippen MR) is 96.4 cm³/mol. The minimum atomic E-state index is -0.605. The molecule has 1 fully saturated rings. The van der Waals surface area contributed by atoms with E-state index in [9.17, 15) is 14.4 Å². The van der Waals surface area contributed by atoms with Gasteiger partial charge in [-0.2, -0.15) is 0 Å². The second kappa shape index (κ2) is 8.34. The van der Waals surface area contributed by atoms with E-state index in [-0.39, 0.29) is 23.6 Å². The molecule has 1 heterocycles. The highest BCUT2D eigenvalue weighted by Gasteiger charge is 2.31. The summed E-state index contributed by atoms with van der Waals surface area (Å²) in [5.74, 6) is -0.440. The topological polar surface area (TPSA) is 69.7 Å². The molecule has 136 valence electrons. The van der Waals surface area contributed by atoms with Crippen molar-refractivity contribution < 1.29 is 14.4 Å². The van der Waals surface area contributed by atoms with E-state index in [0.29, 0.717) is 36.8 Å². The number of carbonyl (C=O) groups is 3. The lowest BCUT2D eigenvalue weighted by atomic mass is 10.0. The second-order valence-electron chi connectivity index (χ2n) is 6.53. The highest BCUT2D eigenvalue weighted by atomic mass is 35.5. The molecule has 25 heavy (non-hydrogen) atoms. The number of nitrogens with one attached hydrogen (secondary N) is 1. The lowest BCUT2D eigenvalue weighted by molar-refractivity contribution is -0.140. The van der Waals surface area contributed by atoms with Gasteiger partial charge < -0.3 is 15.1 Å². The van der Waals surface area contributed by atoms with E-state index in [2.05, 4.69) is 5.32 Å². The first-order chi connectivity index (χ1) is 11.8. The van der Waals surface area contributed by atoms with Gasteiger partial charge in [-0.25, -0.2) is 0 Å². The van der Waals surface area contributed by atoms with Gasteiger partial charge in [0.05, 0.1) is 0 Å². The molecular formula is C18H24ClN3O3. The Morgan fingerprint density at radius 2 is 1.52 bits per heavy atom. The molecule has 0 saturated carbocycles. The zero-order chi connectivity index (χ0) is 18.6. The summed E-state index contributed by atoms with van der Waals surface area (Å²) < 4.78 is 0. The van der Waals surface area contributed by atoms with Crippen LogP contribution < -0.4 is 5.32 Å². The van der Waals surface area contributed by atoms with Crippen LogP contribution in [0.2, 0.25) is 5.02 Å². The lowest BCUT2D eigenvalue weighted by Crippen LogP contribution is -2.57. The molecule has 1 atom stereocenters. The standard InChI is InChI=1S/C18H24ClN3O3/c1-12(2)16(20-17(24)14-4-6-15(19)7-5-14)18(25)22-10-8-21(9-11-22)13(3)23/h4-7,12,16H,8-11H2,1-3H3,(H,20,24). The first-order valence-corrected chi connectivity index (χ1v) is 8.78. The first kappa shape index (κ1) is 19.2. The fourth-order valence-electron chi connectivity index (χ4n) is 2.78. The summed E-state index contributed by atoms with van der Waals surface area (Å²) in [5, 5.41) is 3.38. The van der Waals surface area contributed by atoms with Gasteiger partial charge in [-0.15, -0.1) is 0 Å². The molecule has 1 saturated heterocycles. The quantitative estimate of drug-likeness (QED) is 0.884. The molecule has 0 aromatic heterocycles. The minimum Gasteiger partial charge on any atom is -0.340 e. The number of hydrogen-bond donors (Lipinski definition) is 1. The van der Waals surface area contributed by atoms with Crippen molar-refractivity contribution in [3.63, 3.8) is 0 Å². The van der Waals surface area contributed by atoms with E-state index in [1.165, 1.54) is 6.92 Å². The molecular weight excluding hydrogens is 342 g/mol. The normalized spacial score (nSPS) is 15.9. The van der Waals surface area contributed by atoms with Crippen molar-refractivity contribution in [2.45, 2.75) is 26.8 Å². The van der Waals surface area contributed by atoms with Gasteiger partial charge in [0.15, 0.2) is 0 Å². The molecule has 1 aromatic rings. The van der Waals surface area contributed by atoms with Crippen molar-refractivity contribution in [3.8, 4) is 0 Å². The van der Waals surface area contributed by atoms with Crippen LogP contribution in [0.3, 0.4) is 0 Å². The molecule has 7 heteroatoms. The Morgan fingerprint density at radius 3 is 2.00 bits per heavy atom. The Bertz CT molecular complexity index is 637. The molecule has 0 radical (unpaired) electrons. The molecule has 0 bridgehead atoms. The number of rotatable bonds is 4. The predicted octanol–water partition coefficient (Wildman–Crippen LogP) is 1.79. The second-order valence-corrected chi connectivity index (χ2v) is 6.97. The zero-order valence-corrected chi connectivity index (χ0v) is 15.5. The van der Waals surface area contributed by atoms with E-state index in [1.807, 2.05) is 13.8 Å². The number of hydrogen-bond acceptors (Lipinski definition) is 3. The van der Waals surface area contributed by atoms with Crippen molar-refractivity contribution >= 4 is 29.3 Å². The highest BCUT2D eigenvalue weighted by molar-refractivity contribution is 6.30. The van der Waals surface area contributed by atoms with Gasteiger partial charge in [0, 0.05) is 43.7 Å². The number of carbonyl (C=O) groups excluding carboxylic acids is 3. The zero-order valence-electron chi connectivity index (χ0n) is 14.8. The van der Waals surface area contributed by atoms with Gasteiger partial charge in [-0.3, -0.25) is 14.4 Å². The van der Waals surface area contributed by atoms with Crippen LogP contribution in [0.1, 0.15) is 31.1 Å². The smallest absolute Gasteiger partial charge is 0.251 e. The van der Waals surface area contributed by atoms with Crippen molar-refractivity contribution in [3.05, 3.63) is 34.9 Å². The first-order valence-electron chi connectivity index (χ1n) is 8.40. The summed E-state index contributed by atoms with van der Waals surface area (Å²) in [6.07, 6.45) is 0. The monoisotopic (exact) mass is 365 g/mol. The van der Waals surface area contributed by atoms with Gasteiger partial charge in [0.1, 0.15) is 6.04 Å². The number of benzene rings is 1. The maximum absolute atomic E-state index is 12.8. The summed E-state index contributed by atoms with van der Waals surface area (Å²) in [6.45, 7) is 7.35. The Kier molecular flexibility index (Phi) is 6.42. The van der Waals surface area contributed by atoms with Crippen LogP contribution in [0.25, 0.3) is 0 Å². The summed E-state index contributed by atoms with van der Waals surface area (Å²) in [5.41, 5.74) is 0.462. The molecule has 1 aliphatic rings. The fourth-order valence-corrected chi connectivity index (χ4v) is 2.90. The summed E-state index contributed by atoms with van der Waals surface area (Å²) >= 11 is 5.84. The van der Waals surface area contributed by atoms with Crippen molar-refractivity contribution in [2.24, 2.45) is 5.92 Å². The molecule has 0 aliphatic carbocycles. The third-order valence-corrected chi connectivity index (χ3v) is 4.61. The highest BCUT2D eigenvalue weighted by Crippen LogP contribution is 2.13. The minimum absolute atomic E-state index is 0.0172. The third kappa shape index (κ3) is 4.95. The Morgan fingerprint density at radius 1 is 1.00 bits per heavy atom. The van der Waals surface area contributed by atoms with Crippen LogP contribution in [0, 0.1) is 5.92 Å². The van der Waals surface area contributed by atoms with Gasteiger partial charge >= 0.3 is 0 Å². The van der Waals surface area contributed by atoms with Crippen LogP contribution in [0.5, 0.6) is 0 Å². The fraction of sp³-hybridized carbons (Fsp3) is 0.500. The average molecular weight is 366 g/mol. The SMILES string of the molecule is CC(=O)N1CCN(C(=O)C(NC(=O)c2ccc(Cl)cc2)C(C)C)CC1. The van der Waals surface area contributed by atoms with Crippen molar-refractivity contribution in [1.82, 2.24) is 15.1 Å². The van der Waals surface area contributed by atoms with E-state index in [4.69, 9.17) is 11.6 Å². The number of nitrogens with zero attached hydrogens (tertiary/aromatic N) is 2. The Labute approximate surface area is 153 Å². The van der Waals surface area contributed by atoms with Crippen LogP contribution >= 0.6 is 11.6 Å². The van der Waals surface area contributed by atoms with Gasteiger partial charge in [-0.1, -0.05) is 25.4 Å². The number of piperazine rings is 1. The lowest BCUT2D eigenvalue weighted by Gasteiger charge is -2.37. The Hall–Kier alpha value is -2.08. The molecule has 1 N–H and O–H groups in total. The van der Waals surface area contributed by atoms with Gasteiger partial charge in [0.25, 0.3) is 5.91 Å². The third-order valence-electron chi connectivity index (χ3n) is 4.36. The van der Waals surface area contributed by atoms with Gasteiger partial charge in [-0.05, 0) is 30.2 Å². The maximum Gasteiger partial charge on any atom is 0.251 e. The van der Waals surface area contributed by atoms with E-state index >= 15 is 0 Å². The number of amides is 3. The molecule has 2 rings (SSSR count). The van der Waals surface area contributed by atoms with E-state index in [0.717, 1.165) is 0 Å². The van der Waals surface area contributed by atoms with E-state index < -0.39 is 6.04 Å². The molecule has 3 amide bonds. The summed E-state index contributed by atoms with van der Waals surface area (Å²) in [4.78, 5) is 40.1. The van der Waals surface area contributed by atoms with Crippen molar-refractivity contribution in [1.29, 1.82) is 0 Å². The number of halogens is 1. The summed E-state index contributed by atoms with van der Waals surface area (Å²) in [7, 11) is 0. The molecule has 0 spiro atoms. The van der Waals surface area contributed by atoms with Crippen LogP contribution in [0.15, 0.2) is 24.3 Å². The van der Waals surface area contributed by atoms with Crippen LogP contribution in [-0.4, -0.2) is 59.7 Å². The van der Waals surface area contributed by atoms with Crippen LogP contribution in [-0.2, 0) is 9.59 Å². The van der Waals surface area contributed by atoms with E-state index in [1.54, 1.807) is 34.1 Å². The molecule has 1 aromatic carbocycles.